The summed E-state index contributed by atoms with van der Waals surface area (Å²) in [5, 5.41) is 0. The van der Waals surface area contributed by atoms with Crippen LogP contribution in [0.5, 0.6) is 0 Å². The van der Waals surface area contributed by atoms with Gasteiger partial charge in [0.1, 0.15) is 0 Å². The predicted molar refractivity (Wildman–Crippen MR) is 116 cm³/mol. The Bertz CT molecular complexity index is 680. The normalized spacial score (nSPS) is 14.4. The summed E-state index contributed by atoms with van der Waals surface area (Å²) in [7, 11) is 0. The van der Waals surface area contributed by atoms with Gasteiger partial charge in [-0.25, -0.2) is 0 Å². The molecule has 2 aromatic carbocycles. The second kappa shape index (κ2) is 6.42. The summed E-state index contributed by atoms with van der Waals surface area (Å²) < 4.78 is 8.58. The van der Waals surface area contributed by atoms with Crippen molar-refractivity contribution in [2.75, 3.05) is 0 Å². The fraction of sp³-hybridized carbons (Fsp3) is 0.409. The molecule has 0 N–H and O–H groups in total. The van der Waals surface area contributed by atoms with Gasteiger partial charge >= 0.3 is 154 Å². The van der Waals surface area contributed by atoms with E-state index in [-0.39, 0.29) is 12.8 Å². The van der Waals surface area contributed by atoms with Crippen LogP contribution in [-0.4, -0.2) is 12.8 Å². The van der Waals surface area contributed by atoms with Gasteiger partial charge in [-0.05, 0) is 0 Å². The second-order valence-corrected chi connectivity index (χ2v) is 22.6. The van der Waals surface area contributed by atoms with Gasteiger partial charge in [0, 0.05) is 0 Å². The second-order valence-electron chi connectivity index (χ2n) is 8.17. The molecule has 0 heterocycles. The maximum absolute atomic E-state index is 12.5. The summed E-state index contributed by atoms with van der Waals surface area (Å²) >= 11 is -4.30. The van der Waals surface area contributed by atoms with E-state index in [9.17, 15) is 4.79 Å². The molecule has 0 aromatic heterocycles. The maximum atomic E-state index is 12.5. The zero-order valence-electron chi connectivity index (χ0n) is 16.5. The molecule has 0 amide bonds. The van der Waals surface area contributed by atoms with Crippen molar-refractivity contribution in [2.24, 2.45) is 0 Å². The molecule has 0 fully saturated rings. The number of alkyl halides is 2. The van der Waals surface area contributed by atoms with E-state index in [2.05, 4.69) is 90.1 Å². The fourth-order valence-corrected chi connectivity index (χ4v) is 23.8. The van der Waals surface area contributed by atoms with Gasteiger partial charge in [-0.2, -0.15) is 0 Å². The Hall–Kier alpha value is -1.36. The molecule has 0 radical (unpaired) electrons. The first kappa shape index (κ1) is 20.0. The van der Waals surface area contributed by atoms with Crippen molar-refractivity contribution >= 4 is 23.4 Å². The minimum atomic E-state index is -4.30. The molecule has 0 unspecified atom stereocenters. The molecule has 2 nitrogen and oxygen atoms in total. The first-order valence-corrected chi connectivity index (χ1v) is 13.8. The van der Waals surface area contributed by atoms with Gasteiger partial charge in [0.2, 0.25) is 0 Å². The Labute approximate surface area is 154 Å². The third kappa shape index (κ3) is 2.62. The van der Waals surface area contributed by atoms with E-state index in [4.69, 9.17) is 3.07 Å². The first-order chi connectivity index (χ1) is 11.5. The molecular formula is C22H31IO2. The summed E-state index contributed by atoms with van der Waals surface area (Å²) in [5.41, 5.74) is 0. The molecule has 0 aliphatic carbocycles. The van der Waals surface area contributed by atoms with Crippen LogP contribution in [0.1, 0.15) is 48.5 Å². The molecular weight excluding hydrogens is 423 g/mol. The number of halogens is 1. The topological polar surface area (TPSA) is 26.3 Å². The number of carbonyl (C=O) groups excluding carboxylic acids is 1. The molecule has 2 aromatic rings. The van der Waals surface area contributed by atoms with E-state index in [1.807, 2.05) is 12.1 Å². The number of hydrogen-bond acceptors (Lipinski definition) is 2. The zero-order chi connectivity index (χ0) is 19.0. The average Bonchev–Trinajstić information content (AvgIpc) is 2.51. The van der Waals surface area contributed by atoms with Crippen molar-refractivity contribution in [2.45, 2.75) is 55.3 Å². The van der Waals surface area contributed by atoms with Crippen molar-refractivity contribution in [3.05, 3.63) is 67.8 Å². The first-order valence-electron chi connectivity index (χ1n) is 8.64. The summed E-state index contributed by atoms with van der Waals surface area (Å²) in [6, 6.07) is 20.9. The van der Waals surface area contributed by atoms with Crippen LogP contribution in [0.4, 0.5) is 0 Å². The Morgan fingerprint density at radius 2 is 1.04 bits per heavy atom. The van der Waals surface area contributed by atoms with E-state index in [1.165, 1.54) is 7.14 Å². The van der Waals surface area contributed by atoms with Gasteiger partial charge in [0.05, 0.1) is 0 Å². The Morgan fingerprint density at radius 3 is 1.28 bits per heavy atom. The van der Waals surface area contributed by atoms with Crippen LogP contribution in [-0.2, 0) is 7.86 Å². The Morgan fingerprint density at radius 1 is 0.720 bits per heavy atom. The molecule has 0 atom stereocenters. The van der Waals surface area contributed by atoms with Crippen molar-refractivity contribution in [1.82, 2.24) is 0 Å². The van der Waals surface area contributed by atoms with Gasteiger partial charge in [-0.3, -0.25) is 0 Å². The molecule has 2 rings (SSSR count). The molecule has 0 spiro atoms. The summed E-state index contributed by atoms with van der Waals surface area (Å²) in [5.74, 6) is -0.202. The van der Waals surface area contributed by atoms with E-state index >= 15 is 0 Å². The van der Waals surface area contributed by atoms with Gasteiger partial charge < -0.3 is 0 Å². The average molecular weight is 454 g/mol. The standard InChI is InChI=1S/C22H31IO2/c1-18(24)25-23(21(2,3)4,22(5,6)7,19-14-10-8-11-15-19)20-16-12-9-13-17-20/h8-17H,1-7H3. The molecule has 0 saturated heterocycles. The molecule has 0 saturated carbocycles. The van der Waals surface area contributed by atoms with E-state index in [0.29, 0.717) is 0 Å². The summed E-state index contributed by atoms with van der Waals surface area (Å²) in [6.07, 6.45) is 0. The van der Waals surface area contributed by atoms with Gasteiger partial charge in [-0.15, -0.1) is 0 Å². The van der Waals surface area contributed by atoms with Crippen molar-refractivity contribution in [3.8, 4) is 0 Å². The van der Waals surface area contributed by atoms with Crippen LogP contribution in [0.25, 0.3) is 0 Å². The molecule has 0 bridgehead atoms. The van der Waals surface area contributed by atoms with Crippen molar-refractivity contribution < 1.29 is 7.86 Å². The zero-order valence-corrected chi connectivity index (χ0v) is 18.6. The Balaban J connectivity index is 3.17. The fourth-order valence-electron chi connectivity index (χ4n) is 4.13. The molecule has 3 heteroatoms. The minimum absolute atomic E-state index is 0.202. The van der Waals surface area contributed by atoms with Crippen LogP contribution < -0.4 is 0 Å². The predicted octanol–water partition coefficient (Wildman–Crippen LogP) is 6.38. The Kier molecular flexibility index (Phi) is 5.12. The van der Waals surface area contributed by atoms with Crippen molar-refractivity contribution in [1.29, 1.82) is 0 Å². The van der Waals surface area contributed by atoms with Crippen LogP contribution in [0.15, 0.2) is 60.7 Å². The number of carbonyl (C=O) groups is 1. The van der Waals surface area contributed by atoms with Crippen LogP contribution in [0, 0.1) is 7.14 Å². The monoisotopic (exact) mass is 454 g/mol. The summed E-state index contributed by atoms with van der Waals surface area (Å²) in [4.78, 5) is 12.5. The molecule has 0 aliphatic heterocycles. The SMILES string of the molecule is CC(=O)OI(c1ccccc1)(c1ccccc1)(C(C)(C)C)C(C)(C)C. The van der Waals surface area contributed by atoms with Crippen LogP contribution >= 0.6 is 17.5 Å². The molecule has 0 aliphatic rings. The van der Waals surface area contributed by atoms with Crippen LogP contribution in [0.3, 0.4) is 0 Å². The third-order valence-corrected chi connectivity index (χ3v) is 24.8. The number of hydrogen-bond donors (Lipinski definition) is 0. The van der Waals surface area contributed by atoms with Crippen LogP contribution in [0.2, 0.25) is 0 Å². The third-order valence-electron chi connectivity index (χ3n) is 4.73. The quantitative estimate of drug-likeness (QED) is 0.398. The van der Waals surface area contributed by atoms with Crippen molar-refractivity contribution in [3.63, 3.8) is 0 Å². The van der Waals surface area contributed by atoms with E-state index < -0.39 is 17.5 Å². The molecule has 25 heavy (non-hydrogen) atoms. The number of rotatable bonds is 3. The van der Waals surface area contributed by atoms with E-state index in [1.54, 1.807) is 6.92 Å². The van der Waals surface area contributed by atoms with E-state index in [0.717, 1.165) is 0 Å². The summed E-state index contributed by atoms with van der Waals surface area (Å²) in [6.45, 7) is 14.9. The van der Waals surface area contributed by atoms with Gasteiger partial charge in [0.25, 0.3) is 0 Å². The van der Waals surface area contributed by atoms with Gasteiger partial charge in [-0.1, -0.05) is 0 Å². The van der Waals surface area contributed by atoms with Gasteiger partial charge in [0.15, 0.2) is 0 Å². The number of benzene rings is 2. The molecule has 138 valence electrons.